The van der Waals surface area contributed by atoms with E-state index in [0.717, 1.165) is 48.3 Å². The standard InChI is InChI=1S/C10H15NOS/c11-13(12,9-5-1-2-6-9)10-7-3-4-8-10/h5,7,11H,1-4,6,8H2. The fraction of sp³-hybridized carbons (Fsp3) is 0.600. The lowest BCUT2D eigenvalue weighted by Gasteiger charge is -2.08. The summed E-state index contributed by atoms with van der Waals surface area (Å²) >= 11 is 0. The van der Waals surface area contributed by atoms with Crippen molar-refractivity contribution in [2.45, 2.75) is 38.5 Å². The van der Waals surface area contributed by atoms with E-state index in [9.17, 15) is 4.21 Å². The monoisotopic (exact) mass is 197 g/mol. The summed E-state index contributed by atoms with van der Waals surface area (Å²) in [5, 5.41) is 0. The predicted octanol–water partition coefficient (Wildman–Crippen LogP) is 3.17. The average molecular weight is 197 g/mol. The molecule has 13 heavy (non-hydrogen) atoms. The maximum absolute atomic E-state index is 12.1. The summed E-state index contributed by atoms with van der Waals surface area (Å²) < 4.78 is 20.0. The summed E-state index contributed by atoms with van der Waals surface area (Å²) in [5.74, 6) is 0. The number of allylic oxidation sites excluding steroid dienone is 4. The van der Waals surface area contributed by atoms with Gasteiger partial charge in [0.2, 0.25) is 0 Å². The molecule has 0 fully saturated rings. The second-order valence-corrected chi connectivity index (χ2v) is 5.84. The quantitative estimate of drug-likeness (QED) is 0.725. The van der Waals surface area contributed by atoms with Gasteiger partial charge in [0, 0.05) is 9.81 Å². The van der Waals surface area contributed by atoms with Crippen molar-refractivity contribution in [1.29, 1.82) is 4.78 Å². The van der Waals surface area contributed by atoms with E-state index in [2.05, 4.69) is 0 Å². The molecule has 0 aromatic rings. The van der Waals surface area contributed by atoms with E-state index in [1.165, 1.54) is 0 Å². The van der Waals surface area contributed by atoms with Crippen LogP contribution in [-0.2, 0) is 9.73 Å². The van der Waals surface area contributed by atoms with Crippen LogP contribution in [0.3, 0.4) is 0 Å². The highest BCUT2D eigenvalue weighted by atomic mass is 32.2. The summed E-state index contributed by atoms with van der Waals surface area (Å²) in [6, 6.07) is 0. The van der Waals surface area contributed by atoms with Crippen LogP contribution < -0.4 is 0 Å². The van der Waals surface area contributed by atoms with Gasteiger partial charge in [0.15, 0.2) is 0 Å². The van der Waals surface area contributed by atoms with E-state index in [-0.39, 0.29) is 0 Å². The number of hydrogen-bond acceptors (Lipinski definition) is 2. The highest BCUT2D eigenvalue weighted by molar-refractivity contribution is 7.99. The molecule has 0 saturated carbocycles. The summed E-state index contributed by atoms with van der Waals surface area (Å²) in [5.41, 5.74) is 0. The van der Waals surface area contributed by atoms with Gasteiger partial charge < -0.3 is 0 Å². The van der Waals surface area contributed by atoms with Crippen LogP contribution in [0.25, 0.3) is 0 Å². The largest absolute Gasteiger partial charge is 0.245 e. The maximum atomic E-state index is 12.1. The number of rotatable bonds is 2. The minimum Gasteiger partial charge on any atom is -0.245 e. The normalized spacial score (nSPS) is 23.1. The molecule has 2 rings (SSSR count). The third-order valence-corrected chi connectivity index (χ3v) is 4.96. The zero-order valence-corrected chi connectivity index (χ0v) is 8.53. The molecule has 0 saturated heterocycles. The fourth-order valence-corrected chi connectivity index (χ4v) is 3.88. The van der Waals surface area contributed by atoms with Gasteiger partial charge in [0.25, 0.3) is 0 Å². The Morgan fingerprint density at radius 1 is 1.08 bits per heavy atom. The Balaban J connectivity index is 2.29. The second-order valence-electron chi connectivity index (χ2n) is 3.68. The third kappa shape index (κ3) is 1.57. The molecular weight excluding hydrogens is 182 g/mol. The zero-order valence-electron chi connectivity index (χ0n) is 7.71. The predicted molar refractivity (Wildman–Crippen MR) is 54.7 cm³/mol. The van der Waals surface area contributed by atoms with E-state index < -0.39 is 9.73 Å². The van der Waals surface area contributed by atoms with Crippen molar-refractivity contribution >= 4 is 9.73 Å². The van der Waals surface area contributed by atoms with E-state index in [1.807, 2.05) is 12.2 Å². The first-order chi connectivity index (χ1) is 6.21. The van der Waals surface area contributed by atoms with Crippen LogP contribution in [0.2, 0.25) is 0 Å². The van der Waals surface area contributed by atoms with Crippen molar-refractivity contribution in [3.8, 4) is 0 Å². The van der Waals surface area contributed by atoms with Gasteiger partial charge in [0.05, 0.1) is 9.73 Å². The van der Waals surface area contributed by atoms with Crippen LogP contribution in [0.5, 0.6) is 0 Å². The summed E-state index contributed by atoms with van der Waals surface area (Å²) in [4.78, 5) is 1.78. The highest BCUT2D eigenvalue weighted by Crippen LogP contribution is 2.33. The molecule has 1 N–H and O–H groups in total. The number of hydrogen-bond donors (Lipinski definition) is 1. The van der Waals surface area contributed by atoms with E-state index in [0.29, 0.717) is 0 Å². The Labute approximate surface area is 79.7 Å². The van der Waals surface area contributed by atoms with Crippen LogP contribution >= 0.6 is 0 Å². The topological polar surface area (TPSA) is 40.9 Å². The summed E-state index contributed by atoms with van der Waals surface area (Å²) in [7, 11) is -2.52. The molecule has 2 aliphatic rings. The van der Waals surface area contributed by atoms with E-state index in [4.69, 9.17) is 4.78 Å². The van der Waals surface area contributed by atoms with Gasteiger partial charge in [0.1, 0.15) is 0 Å². The minimum absolute atomic E-state index is 0.875. The molecule has 0 atom stereocenters. The SMILES string of the molecule is N=S(=O)(C1=CCCC1)C1=CCCC1. The van der Waals surface area contributed by atoms with Gasteiger partial charge in [-0.15, -0.1) is 0 Å². The van der Waals surface area contributed by atoms with E-state index in [1.54, 1.807) is 0 Å². The first-order valence-electron chi connectivity index (χ1n) is 4.88. The van der Waals surface area contributed by atoms with Gasteiger partial charge in [-0.25, -0.2) is 8.99 Å². The molecule has 0 spiro atoms. The van der Waals surface area contributed by atoms with Crippen LogP contribution in [0.1, 0.15) is 38.5 Å². The van der Waals surface area contributed by atoms with Crippen molar-refractivity contribution in [3.05, 3.63) is 22.0 Å². The Hall–Kier alpha value is -0.570. The lowest BCUT2D eigenvalue weighted by Crippen LogP contribution is -2.02. The van der Waals surface area contributed by atoms with Crippen molar-refractivity contribution in [3.63, 3.8) is 0 Å². The molecule has 0 aliphatic heterocycles. The molecule has 3 heteroatoms. The Morgan fingerprint density at radius 2 is 1.54 bits per heavy atom. The van der Waals surface area contributed by atoms with Gasteiger partial charge in [-0.2, -0.15) is 0 Å². The third-order valence-electron chi connectivity index (χ3n) is 2.74. The van der Waals surface area contributed by atoms with Crippen molar-refractivity contribution in [2.75, 3.05) is 0 Å². The molecule has 0 unspecified atom stereocenters. The molecule has 0 amide bonds. The van der Waals surface area contributed by atoms with Crippen molar-refractivity contribution < 1.29 is 4.21 Å². The fourth-order valence-electron chi connectivity index (χ4n) is 1.97. The Kier molecular flexibility index (Phi) is 2.28. The lowest BCUT2D eigenvalue weighted by atomic mass is 10.4. The molecule has 0 heterocycles. The smallest absolute Gasteiger partial charge is 0.0928 e. The average Bonchev–Trinajstić information content (AvgIpc) is 2.78. The zero-order chi connectivity index (χ0) is 9.31. The molecule has 0 aromatic heterocycles. The summed E-state index contributed by atoms with van der Waals surface area (Å²) in [6.07, 6.45) is 9.95. The van der Waals surface area contributed by atoms with Gasteiger partial charge in [-0.05, 0) is 38.5 Å². The molecule has 2 nitrogen and oxygen atoms in total. The first-order valence-corrected chi connectivity index (χ1v) is 6.44. The van der Waals surface area contributed by atoms with Crippen molar-refractivity contribution in [1.82, 2.24) is 0 Å². The minimum atomic E-state index is -2.52. The maximum Gasteiger partial charge on any atom is 0.0928 e. The molecular formula is C10H15NOS. The highest BCUT2D eigenvalue weighted by Gasteiger charge is 2.22. The molecule has 0 radical (unpaired) electrons. The molecule has 0 bridgehead atoms. The number of nitrogens with one attached hydrogen (secondary N) is 1. The van der Waals surface area contributed by atoms with Crippen LogP contribution in [0.15, 0.2) is 22.0 Å². The molecule has 2 aliphatic carbocycles. The van der Waals surface area contributed by atoms with Gasteiger partial charge >= 0.3 is 0 Å². The second kappa shape index (κ2) is 3.29. The molecule has 72 valence electrons. The van der Waals surface area contributed by atoms with Crippen molar-refractivity contribution in [2.24, 2.45) is 0 Å². The van der Waals surface area contributed by atoms with E-state index >= 15 is 0 Å². The lowest BCUT2D eigenvalue weighted by molar-refractivity contribution is 0.680. The Morgan fingerprint density at radius 3 is 1.85 bits per heavy atom. The van der Waals surface area contributed by atoms with Crippen LogP contribution in [0, 0.1) is 4.78 Å². The van der Waals surface area contributed by atoms with Crippen LogP contribution in [-0.4, -0.2) is 4.21 Å². The first kappa shape index (κ1) is 9.00. The van der Waals surface area contributed by atoms with Gasteiger partial charge in [-0.3, -0.25) is 0 Å². The van der Waals surface area contributed by atoms with Gasteiger partial charge in [-0.1, -0.05) is 12.2 Å². The van der Waals surface area contributed by atoms with Crippen LogP contribution in [0.4, 0.5) is 0 Å². The molecule has 0 aromatic carbocycles. The summed E-state index contributed by atoms with van der Waals surface area (Å²) in [6.45, 7) is 0. The Bertz CT molecular complexity index is 332.